The van der Waals surface area contributed by atoms with E-state index < -0.39 is 6.04 Å². The molecule has 5 aromatic rings. The van der Waals surface area contributed by atoms with Crippen molar-refractivity contribution < 1.29 is 4.74 Å². The molecular formula is C32H29N7O3. The van der Waals surface area contributed by atoms with Crippen LogP contribution < -0.4 is 22.2 Å². The summed E-state index contributed by atoms with van der Waals surface area (Å²) >= 11 is 0. The molecule has 1 aliphatic heterocycles. The minimum atomic E-state index is -0.442. The molecule has 0 saturated carbocycles. The molecule has 3 aromatic heterocycles. The van der Waals surface area contributed by atoms with Gasteiger partial charge in [0.1, 0.15) is 17.5 Å². The second-order valence-corrected chi connectivity index (χ2v) is 10.3. The van der Waals surface area contributed by atoms with Crippen LogP contribution in [0.25, 0.3) is 27.6 Å². The first kappa shape index (κ1) is 26.9. The van der Waals surface area contributed by atoms with E-state index in [1.165, 1.54) is 6.20 Å². The molecule has 6 rings (SSSR count). The van der Waals surface area contributed by atoms with Crippen molar-refractivity contribution in [3.05, 3.63) is 111 Å². The molecule has 210 valence electrons. The fraction of sp³-hybridized carbons (Fsp3) is 0.219. The van der Waals surface area contributed by atoms with E-state index in [0.717, 1.165) is 29.4 Å². The maximum atomic E-state index is 14.5. The maximum Gasteiger partial charge on any atom is 0.263 e. The monoisotopic (exact) mass is 559 g/mol. The first-order valence-electron chi connectivity index (χ1n) is 13.8. The van der Waals surface area contributed by atoms with Crippen LogP contribution in [0.4, 0.5) is 11.8 Å². The quantitative estimate of drug-likeness (QED) is 0.308. The zero-order valence-corrected chi connectivity index (χ0v) is 23.0. The first-order valence-corrected chi connectivity index (χ1v) is 13.8. The van der Waals surface area contributed by atoms with Gasteiger partial charge in [-0.3, -0.25) is 14.2 Å². The van der Waals surface area contributed by atoms with Gasteiger partial charge in [-0.25, -0.2) is 4.98 Å². The highest BCUT2D eigenvalue weighted by atomic mass is 16.5. The van der Waals surface area contributed by atoms with E-state index in [4.69, 9.17) is 10.5 Å². The highest BCUT2D eigenvalue weighted by Gasteiger charge is 2.21. The third-order valence-corrected chi connectivity index (χ3v) is 7.65. The van der Waals surface area contributed by atoms with E-state index in [1.807, 2.05) is 67.7 Å². The third-order valence-electron chi connectivity index (χ3n) is 7.65. The van der Waals surface area contributed by atoms with E-state index in [2.05, 4.69) is 21.4 Å². The molecule has 10 heteroatoms. The average Bonchev–Trinajstić information content (AvgIpc) is 3.02. The van der Waals surface area contributed by atoms with Gasteiger partial charge in [0.2, 0.25) is 5.95 Å². The van der Waals surface area contributed by atoms with Crippen molar-refractivity contribution in [3.63, 3.8) is 0 Å². The molecule has 4 heterocycles. The number of nitrogens with two attached hydrogens (primary N) is 1. The fourth-order valence-corrected chi connectivity index (χ4v) is 5.56. The van der Waals surface area contributed by atoms with Gasteiger partial charge in [-0.1, -0.05) is 36.4 Å². The van der Waals surface area contributed by atoms with Gasteiger partial charge >= 0.3 is 0 Å². The normalized spacial score (nSPS) is 14.4. The summed E-state index contributed by atoms with van der Waals surface area (Å²) in [6.07, 6.45) is 4.76. The number of anilines is 2. The van der Waals surface area contributed by atoms with Crippen molar-refractivity contribution in [2.75, 3.05) is 24.3 Å². The molecule has 0 radical (unpaired) electrons. The predicted octanol–water partition coefficient (Wildman–Crippen LogP) is 4.59. The van der Waals surface area contributed by atoms with Crippen LogP contribution in [0.3, 0.4) is 0 Å². The molecule has 0 bridgehead atoms. The number of nitrogens with zero attached hydrogens (tertiary/aromatic N) is 5. The Morgan fingerprint density at radius 3 is 2.62 bits per heavy atom. The zero-order chi connectivity index (χ0) is 29.2. The number of pyridine rings is 2. The Hall–Kier alpha value is -5.27. The van der Waals surface area contributed by atoms with Crippen molar-refractivity contribution in [2.45, 2.75) is 31.8 Å². The van der Waals surface area contributed by atoms with Crippen molar-refractivity contribution >= 4 is 22.5 Å². The molecule has 0 spiro atoms. The lowest BCUT2D eigenvalue weighted by atomic mass is 9.98. The number of fused-ring (bicyclic) bond motifs is 1. The topological polar surface area (TPSA) is 141 Å². The number of hydrogen-bond donors (Lipinski definition) is 2. The number of nitrogens with one attached hydrogen (secondary N) is 1. The number of nitriles is 1. The molecule has 0 unspecified atom stereocenters. The van der Waals surface area contributed by atoms with Gasteiger partial charge in [0.15, 0.2) is 0 Å². The third kappa shape index (κ3) is 5.02. The number of benzene rings is 2. The molecule has 1 atom stereocenters. The molecule has 2 aromatic carbocycles. The molecule has 1 fully saturated rings. The van der Waals surface area contributed by atoms with E-state index >= 15 is 0 Å². The van der Waals surface area contributed by atoms with Crippen LogP contribution in [0.2, 0.25) is 0 Å². The lowest BCUT2D eigenvalue weighted by molar-refractivity contribution is 0.0687. The molecule has 1 saturated heterocycles. The fourth-order valence-electron chi connectivity index (χ4n) is 5.56. The summed E-state index contributed by atoms with van der Waals surface area (Å²) in [6, 6.07) is 22.1. The van der Waals surface area contributed by atoms with Gasteiger partial charge in [-0.2, -0.15) is 10.2 Å². The molecule has 0 amide bonds. The van der Waals surface area contributed by atoms with Gasteiger partial charge in [-0.05, 0) is 60.5 Å². The van der Waals surface area contributed by atoms with Crippen LogP contribution in [0, 0.1) is 11.3 Å². The van der Waals surface area contributed by atoms with Gasteiger partial charge in [0.05, 0.1) is 17.6 Å². The second kappa shape index (κ2) is 11.3. The summed E-state index contributed by atoms with van der Waals surface area (Å²) in [5.74, 6) is 0.322. The number of aromatic nitrogens is 4. The standard InChI is InChI=1S/C32H29N7O3/c1-20(36-30-23(17-33)18-35-32(34)37-30)27-16-21-6-5-9-26(29(21)31(41)39(27)25-7-3-2-4-8-25)22-10-11-28(40)38(19-22)24-12-14-42-15-13-24/h2-11,16,18-20,24H,12-15H2,1H3,(H3,34,35,36,37)/t20-/m0/s1. The Bertz CT molecular complexity index is 1940. The molecule has 10 nitrogen and oxygen atoms in total. The minimum Gasteiger partial charge on any atom is -0.381 e. The molecule has 0 aliphatic carbocycles. The van der Waals surface area contributed by atoms with E-state index in [-0.39, 0.29) is 34.5 Å². The molecule has 1 aliphatic rings. The Kier molecular flexibility index (Phi) is 7.25. The number of nitrogen functional groups attached to an aromatic ring is 1. The maximum absolute atomic E-state index is 14.5. The Morgan fingerprint density at radius 1 is 1.07 bits per heavy atom. The largest absolute Gasteiger partial charge is 0.381 e. The Labute approximate surface area is 241 Å². The summed E-state index contributed by atoms with van der Waals surface area (Å²) in [7, 11) is 0. The highest BCUT2D eigenvalue weighted by Crippen LogP contribution is 2.31. The van der Waals surface area contributed by atoms with E-state index in [1.54, 1.807) is 21.3 Å². The lowest BCUT2D eigenvalue weighted by Crippen LogP contribution is -2.28. The number of ether oxygens (including phenoxy) is 1. The Morgan fingerprint density at radius 2 is 1.86 bits per heavy atom. The molecule has 3 N–H and O–H groups in total. The van der Waals surface area contributed by atoms with Crippen LogP contribution in [0.5, 0.6) is 0 Å². The van der Waals surface area contributed by atoms with Gasteiger partial charge in [0.25, 0.3) is 11.1 Å². The van der Waals surface area contributed by atoms with Gasteiger partial charge < -0.3 is 20.4 Å². The molecule has 42 heavy (non-hydrogen) atoms. The van der Waals surface area contributed by atoms with Gasteiger partial charge in [-0.15, -0.1) is 0 Å². The molecular weight excluding hydrogens is 530 g/mol. The van der Waals surface area contributed by atoms with Crippen LogP contribution in [0.15, 0.2) is 88.7 Å². The van der Waals surface area contributed by atoms with Crippen molar-refractivity contribution in [1.82, 2.24) is 19.1 Å². The SMILES string of the molecule is C[C@H](Nc1nc(N)ncc1C#N)c1cc2cccc(-c3ccc(=O)n(C4CCOCC4)c3)c2c(=O)n1-c1ccccc1. The minimum absolute atomic E-state index is 0.0365. The highest BCUT2D eigenvalue weighted by molar-refractivity contribution is 5.96. The van der Waals surface area contributed by atoms with Gasteiger partial charge in [0, 0.05) is 42.9 Å². The summed E-state index contributed by atoms with van der Waals surface area (Å²) in [4.78, 5) is 35.4. The first-order chi connectivity index (χ1) is 20.4. The van der Waals surface area contributed by atoms with E-state index in [9.17, 15) is 14.9 Å². The average molecular weight is 560 g/mol. The van der Waals surface area contributed by atoms with Crippen LogP contribution >= 0.6 is 0 Å². The van der Waals surface area contributed by atoms with Crippen LogP contribution in [0.1, 0.15) is 43.1 Å². The number of rotatable bonds is 6. The summed E-state index contributed by atoms with van der Waals surface area (Å²) < 4.78 is 8.94. The Balaban J connectivity index is 1.53. The van der Waals surface area contributed by atoms with Crippen molar-refractivity contribution in [3.8, 4) is 22.9 Å². The summed E-state index contributed by atoms with van der Waals surface area (Å²) in [6.45, 7) is 3.13. The zero-order valence-electron chi connectivity index (χ0n) is 23.0. The second-order valence-electron chi connectivity index (χ2n) is 10.3. The predicted molar refractivity (Wildman–Crippen MR) is 162 cm³/mol. The number of para-hydroxylation sites is 1. The van der Waals surface area contributed by atoms with Crippen molar-refractivity contribution in [1.29, 1.82) is 5.26 Å². The number of hydrogen-bond acceptors (Lipinski definition) is 8. The summed E-state index contributed by atoms with van der Waals surface area (Å²) in [5, 5.41) is 14.1. The smallest absolute Gasteiger partial charge is 0.263 e. The summed E-state index contributed by atoms with van der Waals surface area (Å²) in [5.41, 5.74) is 8.66. The van der Waals surface area contributed by atoms with E-state index in [0.29, 0.717) is 30.0 Å². The van der Waals surface area contributed by atoms with Crippen LogP contribution in [-0.2, 0) is 4.74 Å². The lowest BCUT2D eigenvalue weighted by Gasteiger charge is -2.25. The van der Waals surface area contributed by atoms with Crippen LogP contribution in [-0.4, -0.2) is 32.3 Å². The van der Waals surface area contributed by atoms with Crippen molar-refractivity contribution in [2.24, 2.45) is 0 Å².